The largest absolute Gasteiger partial charge is 0.397 e. The van der Waals surface area contributed by atoms with Crippen molar-refractivity contribution in [1.29, 1.82) is 0 Å². The molecule has 0 radical (unpaired) electrons. The summed E-state index contributed by atoms with van der Waals surface area (Å²) in [4.78, 5) is 9.03. The van der Waals surface area contributed by atoms with Crippen molar-refractivity contribution in [2.45, 2.75) is 25.9 Å². The van der Waals surface area contributed by atoms with Gasteiger partial charge in [-0.1, -0.05) is 11.6 Å². The quantitative estimate of drug-likeness (QED) is 0.831. The molecule has 2 heterocycles. The molecule has 0 amide bonds. The number of pyridine rings is 1. The lowest BCUT2D eigenvalue weighted by Crippen LogP contribution is -2.56. The van der Waals surface area contributed by atoms with Gasteiger partial charge in [-0.05, 0) is 20.9 Å². The Labute approximate surface area is 107 Å². The first-order valence-electron chi connectivity index (χ1n) is 5.87. The van der Waals surface area contributed by atoms with E-state index < -0.39 is 0 Å². The molecule has 1 aromatic heterocycles. The Balaban J connectivity index is 2.28. The fourth-order valence-electron chi connectivity index (χ4n) is 2.62. The zero-order chi connectivity index (χ0) is 12.6. The van der Waals surface area contributed by atoms with Crippen molar-refractivity contribution in [2.24, 2.45) is 0 Å². The van der Waals surface area contributed by atoms with Gasteiger partial charge in [-0.2, -0.15) is 0 Å². The third-order valence-electron chi connectivity index (χ3n) is 3.24. The molecule has 1 fully saturated rings. The van der Waals surface area contributed by atoms with Crippen LogP contribution >= 0.6 is 11.6 Å². The average molecular weight is 255 g/mol. The van der Waals surface area contributed by atoms with E-state index >= 15 is 0 Å². The number of piperazine rings is 1. The Morgan fingerprint density at radius 3 is 2.47 bits per heavy atom. The third kappa shape index (κ3) is 2.48. The monoisotopic (exact) mass is 254 g/mol. The lowest BCUT2D eigenvalue weighted by Gasteiger charge is -2.44. The number of hydrogen-bond donors (Lipinski definition) is 1. The highest BCUT2D eigenvalue weighted by Gasteiger charge is 2.28. The Morgan fingerprint density at radius 1 is 1.35 bits per heavy atom. The normalized spacial score (nSPS) is 26.2. The Kier molecular flexibility index (Phi) is 3.45. The van der Waals surface area contributed by atoms with Gasteiger partial charge in [-0.15, -0.1) is 0 Å². The van der Waals surface area contributed by atoms with Crippen LogP contribution in [0.4, 0.5) is 11.5 Å². The first-order valence-corrected chi connectivity index (χ1v) is 6.24. The Hall–Kier alpha value is -1.00. The van der Waals surface area contributed by atoms with Gasteiger partial charge in [-0.3, -0.25) is 0 Å². The molecule has 2 atom stereocenters. The highest BCUT2D eigenvalue weighted by atomic mass is 35.5. The summed E-state index contributed by atoms with van der Waals surface area (Å²) in [6, 6.07) is 2.72. The van der Waals surface area contributed by atoms with Crippen molar-refractivity contribution in [3.8, 4) is 0 Å². The number of likely N-dealkylation sites (N-methyl/N-ethyl adjacent to an activating group) is 1. The number of halogens is 1. The summed E-state index contributed by atoms with van der Waals surface area (Å²) in [6.07, 6.45) is 1.63. The van der Waals surface area contributed by atoms with Crippen LogP contribution in [0.25, 0.3) is 0 Å². The smallest absolute Gasteiger partial charge is 0.131 e. The molecule has 0 spiro atoms. The van der Waals surface area contributed by atoms with E-state index in [1.54, 1.807) is 6.20 Å². The van der Waals surface area contributed by atoms with Gasteiger partial charge in [0.05, 0.1) is 10.7 Å². The first-order chi connectivity index (χ1) is 7.99. The summed E-state index contributed by atoms with van der Waals surface area (Å²) >= 11 is 5.90. The van der Waals surface area contributed by atoms with E-state index in [1.807, 2.05) is 6.07 Å². The van der Waals surface area contributed by atoms with E-state index in [-0.39, 0.29) is 0 Å². The molecular formula is C12H19ClN4. The topological polar surface area (TPSA) is 45.4 Å². The molecule has 1 aliphatic rings. The van der Waals surface area contributed by atoms with Gasteiger partial charge in [0.2, 0.25) is 0 Å². The van der Waals surface area contributed by atoms with Gasteiger partial charge >= 0.3 is 0 Å². The van der Waals surface area contributed by atoms with Gasteiger partial charge in [0.15, 0.2) is 0 Å². The molecule has 2 rings (SSSR count). The molecule has 1 aliphatic heterocycles. The van der Waals surface area contributed by atoms with Crippen molar-refractivity contribution in [3.63, 3.8) is 0 Å². The van der Waals surface area contributed by atoms with Crippen LogP contribution in [0, 0.1) is 0 Å². The molecule has 2 N–H and O–H groups in total. The van der Waals surface area contributed by atoms with E-state index in [2.05, 4.69) is 35.7 Å². The Bertz CT molecular complexity index is 397. The minimum Gasteiger partial charge on any atom is -0.397 e. The fraction of sp³-hybridized carbons (Fsp3) is 0.583. The van der Waals surface area contributed by atoms with E-state index in [0.29, 0.717) is 22.8 Å². The molecular weight excluding hydrogens is 236 g/mol. The molecule has 0 saturated carbocycles. The summed E-state index contributed by atoms with van der Waals surface area (Å²) in [7, 11) is 2.15. The molecule has 0 aliphatic carbocycles. The minimum atomic E-state index is 0.428. The number of nitrogen functional groups attached to an aromatic ring is 1. The minimum absolute atomic E-state index is 0.428. The predicted octanol–water partition coefficient (Wildman–Crippen LogP) is 1.85. The van der Waals surface area contributed by atoms with Gasteiger partial charge in [0.1, 0.15) is 5.82 Å². The molecule has 94 valence electrons. The van der Waals surface area contributed by atoms with Crippen molar-refractivity contribution < 1.29 is 0 Å². The summed E-state index contributed by atoms with van der Waals surface area (Å²) in [5.74, 6) is 0.917. The van der Waals surface area contributed by atoms with E-state index in [1.165, 1.54) is 0 Å². The van der Waals surface area contributed by atoms with Crippen LogP contribution in [0.15, 0.2) is 12.3 Å². The van der Waals surface area contributed by atoms with E-state index in [4.69, 9.17) is 17.3 Å². The van der Waals surface area contributed by atoms with Crippen LogP contribution in [0.3, 0.4) is 0 Å². The SMILES string of the molecule is CC1CN(C)CC(C)N1c1cc(N)c(Cl)cn1. The van der Waals surface area contributed by atoms with E-state index in [9.17, 15) is 0 Å². The number of hydrogen-bond acceptors (Lipinski definition) is 4. The number of aromatic nitrogens is 1. The molecule has 0 aromatic carbocycles. The zero-order valence-corrected chi connectivity index (χ0v) is 11.3. The van der Waals surface area contributed by atoms with Gasteiger partial charge in [0, 0.05) is 37.4 Å². The fourth-order valence-corrected chi connectivity index (χ4v) is 2.73. The number of nitrogens with zero attached hydrogens (tertiary/aromatic N) is 3. The maximum atomic E-state index is 5.90. The number of anilines is 2. The van der Waals surface area contributed by atoms with Crippen LogP contribution in [0.2, 0.25) is 5.02 Å². The third-order valence-corrected chi connectivity index (χ3v) is 3.55. The molecule has 2 unspecified atom stereocenters. The van der Waals surface area contributed by atoms with Gasteiger partial charge in [0.25, 0.3) is 0 Å². The summed E-state index contributed by atoms with van der Waals surface area (Å²) < 4.78 is 0. The van der Waals surface area contributed by atoms with Gasteiger partial charge < -0.3 is 15.5 Å². The van der Waals surface area contributed by atoms with Gasteiger partial charge in [-0.25, -0.2) is 4.98 Å². The van der Waals surface area contributed by atoms with Crippen LogP contribution in [0.5, 0.6) is 0 Å². The molecule has 5 heteroatoms. The lowest BCUT2D eigenvalue weighted by molar-refractivity contribution is 0.239. The van der Waals surface area contributed by atoms with E-state index in [0.717, 1.165) is 18.9 Å². The molecule has 1 aromatic rings. The number of nitrogens with two attached hydrogens (primary N) is 1. The molecule has 0 bridgehead atoms. The highest BCUT2D eigenvalue weighted by Crippen LogP contribution is 2.27. The number of rotatable bonds is 1. The maximum Gasteiger partial charge on any atom is 0.131 e. The Morgan fingerprint density at radius 2 is 1.94 bits per heavy atom. The summed E-state index contributed by atoms with van der Waals surface area (Å²) in [5, 5.41) is 0.517. The van der Waals surface area contributed by atoms with Crippen LogP contribution in [0.1, 0.15) is 13.8 Å². The lowest BCUT2D eigenvalue weighted by atomic mass is 10.1. The molecule has 17 heavy (non-hydrogen) atoms. The summed E-state index contributed by atoms with van der Waals surface area (Å²) in [5.41, 5.74) is 6.43. The second kappa shape index (κ2) is 4.70. The van der Waals surface area contributed by atoms with Crippen molar-refractivity contribution in [3.05, 3.63) is 17.3 Å². The predicted molar refractivity (Wildman–Crippen MR) is 72.6 cm³/mol. The molecule has 4 nitrogen and oxygen atoms in total. The first kappa shape index (κ1) is 12.5. The second-order valence-corrected chi connectivity index (χ2v) is 5.30. The van der Waals surface area contributed by atoms with Crippen molar-refractivity contribution >= 4 is 23.1 Å². The van der Waals surface area contributed by atoms with Crippen LogP contribution < -0.4 is 10.6 Å². The second-order valence-electron chi connectivity index (χ2n) is 4.89. The van der Waals surface area contributed by atoms with Crippen molar-refractivity contribution in [2.75, 3.05) is 30.8 Å². The highest BCUT2D eigenvalue weighted by molar-refractivity contribution is 6.32. The maximum absolute atomic E-state index is 5.90. The molecule has 1 saturated heterocycles. The standard InChI is InChI=1S/C12H19ClN4/c1-8-6-16(3)7-9(2)17(8)12-4-11(14)10(13)5-15-12/h4-5,8-9H,6-7H2,1-3H3,(H2,14,15). The van der Waals surface area contributed by atoms with Crippen LogP contribution in [-0.4, -0.2) is 42.1 Å². The summed E-state index contributed by atoms with van der Waals surface area (Å²) in [6.45, 7) is 6.49. The van der Waals surface area contributed by atoms with Crippen LogP contribution in [-0.2, 0) is 0 Å². The van der Waals surface area contributed by atoms with Crippen molar-refractivity contribution in [1.82, 2.24) is 9.88 Å². The zero-order valence-electron chi connectivity index (χ0n) is 10.5. The average Bonchev–Trinajstić information content (AvgIpc) is 2.21.